The average Bonchev–Trinajstić information content (AvgIpc) is 3.71. The summed E-state index contributed by atoms with van der Waals surface area (Å²) in [7, 11) is 1.48. The van der Waals surface area contributed by atoms with Crippen molar-refractivity contribution in [1.82, 2.24) is 5.32 Å². The normalized spacial score (nSPS) is 15.1. The lowest BCUT2D eigenvalue weighted by molar-refractivity contribution is -0.121. The summed E-state index contributed by atoms with van der Waals surface area (Å²) in [5.74, 6) is -1.09. The van der Waals surface area contributed by atoms with Crippen LogP contribution in [-0.4, -0.2) is 55.4 Å². The van der Waals surface area contributed by atoms with Crippen molar-refractivity contribution in [1.29, 1.82) is 0 Å². The lowest BCUT2D eigenvalue weighted by Crippen LogP contribution is -2.31. The second-order valence-corrected chi connectivity index (χ2v) is 12.2. The van der Waals surface area contributed by atoms with Gasteiger partial charge in [0.25, 0.3) is 11.8 Å². The van der Waals surface area contributed by atoms with E-state index in [9.17, 15) is 24.0 Å². The second-order valence-electron chi connectivity index (χ2n) is 11.0. The molecule has 0 aliphatic carbocycles. The average molecular weight is 694 g/mol. The van der Waals surface area contributed by atoms with E-state index in [1.54, 1.807) is 73.7 Å². The van der Waals surface area contributed by atoms with Crippen molar-refractivity contribution >= 4 is 58.8 Å². The molecule has 13 heteroatoms. The van der Waals surface area contributed by atoms with Gasteiger partial charge in [0.2, 0.25) is 24.4 Å². The smallest absolute Gasteiger partial charge is 0.338 e. The predicted octanol–water partition coefficient (Wildman–Crippen LogP) is 5.43. The first kappa shape index (κ1) is 33.8. The molecule has 0 aromatic heterocycles. The van der Waals surface area contributed by atoms with Crippen LogP contribution in [0.2, 0.25) is 0 Å². The third kappa shape index (κ3) is 7.47. The quantitative estimate of drug-likeness (QED) is 0.118. The van der Waals surface area contributed by atoms with E-state index in [0.717, 1.165) is 4.90 Å². The molecule has 2 heterocycles. The first-order valence-corrected chi connectivity index (χ1v) is 16.4. The highest BCUT2D eigenvalue weighted by Gasteiger charge is 2.40. The summed E-state index contributed by atoms with van der Waals surface area (Å²) in [6.07, 6.45) is 1.47. The van der Waals surface area contributed by atoms with E-state index in [-0.39, 0.29) is 31.4 Å². The number of ether oxygens (including phenoxy) is 4. The van der Waals surface area contributed by atoms with Gasteiger partial charge in [-0.2, -0.15) is 0 Å². The molecule has 0 spiro atoms. The maximum Gasteiger partial charge on any atom is 0.338 e. The summed E-state index contributed by atoms with van der Waals surface area (Å²) >= 11 is 1.19. The molecule has 0 radical (unpaired) electrons. The Bertz CT molecular complexity index is 2000. The minimum absolute atomic E-state index is 0.0220. The molecule has 254 valence electrons. The maximum atomic E-state index is 13.7. The number of anilines is 2. The number of benzene rings is 4. The van der Waals surface area contributed by atoms with E-state index in [2.05, 4.69) is 10.6 Å². The number of thioether (sulfide) groups is 1. The number of nitrogens with zero attached hydrogens (tertiary/aromatic N) is 1. The summed E-state index contributed by atoms with van der Waals surface area (Å²) in [5.41, 5.74) is 1.87. The molecule has 1 unspecified atom stereocenters. The van der Waals surface area contributed by atoms with Crippen molar-refractivity contribution < 1.29 is 42.9 Å². The van der Waals surface area contributed by atoms with Crippen molar-refractivity contribution in [3.05, 3.63) is 113 Å². The number of amides is 4. The van der Waals surface area contributed by atoms with Crippen molar-refractivity contribution in [2.45, 2.75) is 23.5 Å². The van der Waals surface area contributed by atoms with Gasteiger partial charge in [0, 0.05) is 22.6 Å². The van der Waals surface area contributed by atoms with Crippen LogP contribution in [-0.2, 0) is 19.1 Å². The van der Waals surface area contributed by atoms with Crippen molar-refractivity contribution in [3.63, 3.8) is 0 Å². The van der Waals surface area contributed by atoms with Crippen LogP contribution in [0.15, 0.2) is 102 Å². The minimum Gasteiger partial charge on any atom is -0.493 e. The monoisotopic (exact) mass is 693 g/mol. The number of fused-ring (bicyclic) bond motifs is 1. The van der Waals surface area contributed by atoms with Crippen LogP contribution in [0.25, 0.3) is 6.08 Å². The summed E-state index contributed by atoms with van der Waals surface area (Å²) in [6, 6.07) is 24.7. The SMILES string of the molecule is CCOC(=O)c1ccc(N2C(=O)CC(Sc3cccc(NC(=O)/C(=C/c4cc(OC)c5c(c4)OCO5)NC(=O)c4ccccc4)c3)C2=O)cc1. The molecule has 4 aromatic rings. The number of methoxy groups -OCH3 is 1. The Labute approximate surface area is 291 Å². The van der Waals surface area contributed by atoms with Gasteiger partial charge in [0.05, 0.1) is 30.2 Å². The second kappa shape index (κ2) is 15.0. The van der Waals surface area contributed by atoms with Gasteiger partial charge in [0.1, 0.15) is 5.70 Å². The fourth-order valence-corrected chi connectivity index (χ4v) is 6.39. The van der Waals surface area contributed by atoms with Crippen LogP contribution in [0.4, 0.5) is 11.4 Å². The highest BCUT2D eigenvalue weighted by Crippen LogP contribution is 2.42. The molecule has 50 heavy (non-hydrogen) atoms. The predicted molar refractivity (Wildman–Crippen MR) is 185 cm³/mol. The first-order chi connectivity index (χ1) is 24.2. The van der Waals surface area contributed by atoms with E-state index in [1.807, 2.05) is 0 Å². The van der Waals surface area contributed by atoms with Gasteiger partial charge < -0.3 is 29.6 Å². The van der Waals surface area contributed by atoms with E-state index in [0.29, 0.717) is 50.2 Å². The molecule has 0 saturated carbocycles. The third-order valence-corrected chi connectivity index (χ3v) is 8.81. The van der Waals surface area contributed by atoms with Crippen LogP contribution < -0.4 is 29.7 Å². The highest BCUT2D eigenvalue weighted by molar-refractivity contribution is 8.00. The van der Waals surface area contributed by atoms with E-state index in [4.69, 9.17) is 18.9 Å². The van der Waals surface area contributed by atoms with Crippen LogP contribution in [0.5, 0.6) is 17.2 Å². The van der Waals surface area contributed by atoms with Gasteiger partial charge in [0.15, 0.2) is 11.5 Å². The van der Waals surface area contributed by atoms with E-state index in [1.165, 1.54) is 49.2 Å². The Morgan fingerprint density at radius 2 is 1.72 bits per heavy atom. The molecule has 1 saturated heterocycles. The number of esters is 1. The van der Waals surface area contributed by atoms with Gasteiger partial charge in [-0.3, -0.25) is 19.2 Å². The van der Waals surface area contributed by atoms with Crippen LogP contribution in [0.1, 0.15) is 39.6 Å². The Hall–Kier alpha value is -6.08. The van der Waals surface area contributed by atoms with Crippen LogP contribution in [0, 0.1) is 0 Å². The summed E-state index contributed by atoms with van der Waals surface area (Å²) in [4.78, 5) is 66.9. The fraction of sp³-hybridized carbons (Fsp3) is 0.162. The number of hydrogen-bond acceptors (Lipinski definition) is 10. The van der Waals surface area contributed by atoms with Gasteiger partial charge in [-0.25, -0.2) is 9.69 Å². The maximum absolute atomic E-state index is 13.7. The first-order valence-electron chi connectivity index (χ1n) is 15.5. The molecule has 1 fully saturated rings. The number of imide groups is 1. The number of nitrogens with one attached hydrogen (secondary N) is 2. The largest absolute Gasteiger partial charge is 0.493 e. The van der Waals surface area contributed by atoms with Crippen molar-refractivity contribution in [3.8, 4) is 17.2 Å². The zero-order chi connectivity index (χ0) is 35.2. The molecule has 0 bridgehead atoms. The molecule has 2 N–H and O–H groups in total. The molecular weight excluding hydrogens is 662 g/mol. The molecule has 2 aliphatic heterocycles. The van der Waals surface area contributed by atoms with Gasteiger partial charge in [-0.15, -0.1) is 11.8 Å². The molecule has 4 amide bonds. The summed E-state index contributed by atoms with van der Waals surface area (Å²) in [6.45, 7) is 1.96. The lowest BCUT2D eigenvalue weighted by atomic mass is 10.1. The van der Waals surface area contributed by atoms with Crippen LogP contribution in [0.3, 0.4) is 0 Å². The number of carbonyl (C=O) groups excluding carboxylic acids is 5. The van der Waals surface area contributed by atoms with Crippen LogP contribution >= 0.6 is 11.8 Å². The van der Waals surface area contributed by atoms with Gasteiger partial charge >= 0.3 is 5.97 Å². The van der Waals surface area contributed by atoms with E-state index < -0.39 is 28.9 Å². The van der Waals surface area contributed by atoms with E-state index >= 15 is 0 Å². The van der Waals surface area contributed by atoms with Crippen molar-refractivity contribution in [2.75, 3.05) is 30.7 Å². The number of rotatable bonds is 11. The third-order valence-electron chi connectivity index (χ3n) is 7.63. The Morgan fingerprint density at radius 1 is 0.940 bits per heavy atom. The van der Waals surface area contributed by atoms with Gasteiger partial charge in [-0.1, -0.05) is 24.3 Å². The topological polar surface area (TPSA) is 150 Å². The molecule has 1 atom stereocenters. The fourth-order valence-electron chi connectivity index (χ4n) is 5.28. The Kier molecular flexibility index (Phi) is 10.1. The number of carbonyl (C=O) groups is 5. The molecule has 4 aromatic carbocycles. The zero-order valence-corrected chi connectivity index (χ0v) is 27.8. The van der Waals surface area contributed by atoms with Crippen molar-refractivity contribution in [2.24, 2.45) is 0 Å². The molecule has 2 aliphatic rings. The molecular formula is C37H31N3O9S. The molecule has 6 rings (SSSR count). The van der Waals surface area contributed by atoms with Gasteiger partial charge in [-0.05, 0) is 85.3 Å². The summed E-state index contributed by atoms with van der Waals surface area (Å²) in [5, 5.41) is 4.82. The zero-order valence-electron chi connectivity index (χ0n) is 27.0. The minimum atomic E-state index is -0.709. The number of hydrogen-bond donors (Lipinski definition) is 2. The highest BCUT2D eigenvalue weighted by atomic mass is 32.2. The standard InChI is InChI=1S/C37H31N3O9S/c1-3-47-37(45)24-12-14-26(15-13-24)40-32(41)20-31(36(40)44)50-27-11-7-10-25(19-27)38-35(43)28(39-34(42)23-8-5-4-6-9-23)16-22-17-29(46-2)33-30(18-22)48-21-49-33/h4-19,31H,3,20-21H2,1-2H3,(H,38,43)(H,39,42)/b28-16-. The summed E-state index contributed by atoms with van der Waals surface area (Å²) < 4.78 is 21.4. The lowest BCUT2D eigenvalue weighted by Gasteiger charge is -2.16. The Balaban J connectivity index is 1.19. The Morgan fingerprint density at radius 3 is 2.46 bits per heavy atom. The molecule has 12 nitrogen and oxygen atoms in total.